The SMILES string of the molecule is CCOC(=O)C[C@H](NC(=O)CNC(=O)CCCCN)c1cccnc1. The molecule has 4 N–H and O–H groups in total. The molecule has 2 amide bonds. The van der Waals surface area contributed by atoms with Gasteiger partial charge in [0.15, 0.2) is 0 Å². The number of rotatable bonds is 11. The number of amides is 2. The Hall–Kier alpha value is -2.48. The molecule has 1 heterocycles. The highest BCUT2D eigenvalue weighted by Gasteiger charge is 2.19. The predicted molar refractivity (Wildman–Crippen MR) is 92.3 cm³/mol. The van der Waals surface area contributed by atoms with Gasteiger partial charge >= 0.3 is 5.97 Å². The van der Waals surface area contributed by atoms with E-state index >= 15 is 0 Å². The van der Waals surface area contributed by atoms with Gasteiger partial charge in [0.2, 0.25) is 11.8 Å². The first-order chi connectivity index (χ1) is 12.1. The third-order valence-corrected chi connectivity index (χ3v) is 3.40. The molecule has 0 radical (unpaired) electrons. The van der Waals surface area contributed by atoms with E-state index in [1.807, 2.05) is 0 Å². The van der Waals surface area contributed by atoms with Crippen LogP contribution in [0.2, 0.25) is 0 Å². The number of ether oxygens (including phenoxy) is 1. The second-order valence-electron chi connectivity index (χ2n) is 5.44. The van der Waals surface area contributed by atoms with Gasteiger partial charge in [-0.1, -0.05) is 6.07 Å². The third kappa shape index (κ3) is 8.80. The van der Waals surface area contributed by atoms with Crippen LogP contribution in [-0.2, 0) is 19.1 Å². The molecular formula is C17H26N4O4. The van der Waals surface area contributed by atoms with Crippen LogP contribution in [-0.4, -0.2) is 42.5 Å². The topological polar surface area (TPSA) is 123 Å². The number of hydrogen-bond acceptors (Lipinski definition) is 6. The fraction of sp³-hybridized carbons (Fsp3) is 0.529. The summed E-state index contributed by atoms with van der Waals surface area (Å²) in [7, 11) is 0. The molecule has 0 aromatic carbocycles. The van der Waals surface area contributed by atoms with Crippen LogP contribution < -0.4 is 16.4 Å². The van der Waals surface area contributed by atoms with Gasteiger partial charge in [-0.25, -0.2) is 0 Å². The number of carbonyl (C=O) groups excluding carboxylic acids is 3. The molecule has 0 saturated heterocycles. The number of nitrogens with one attached hydrogen (secondary N) is 2. The number of esters is 1. The van der Waals surface area contributed by atoms with E-state index in [0.29, 0.717) is 24.9 Å². The molecule has 0 unspecified atom stereocenters. The number of hydrogen-bond donors (Lipinski definition) is 3. The first-order valence-corrected chi connectivity index (χ1v) is 8.38. The summed E-state index contributed by atoms with van der Waals surface area (Å²) in [6.45, 7) is 2.37. The number of aromatic nitrogens is 1. The average Bonchev–Trinajstić information content (AvgIpc) is 2.60. The molecule has 0 saturated carbocycles. The maximum atomic E-state index is 12.1. The van der Waals surface area contributed by atoms with Crippen molar-refractivity contribution in [3.63, 3.8) is 0 Å². The van der Waals surface area contributed by atoms with Gasteiger partial charge in [-0.15, -0.1) is 0 Å². The molecule has 0 aliphatic heterocycles. The van der Waals surface area contributed by atoms with E-state index in [2.05, 4.69) is 15.6 Å². The van der Waals surface area contributed by atoms with Crippen LogP contribution in [0.5, 0.6) is 0 Å². The van der Waals surface area contributed by atoms with E-state index in [9.17, 15) is 14.4 Å². The molecule has 138 valence electrons. The molecule has 1 rings (SSSR count). The maximum absolute atomic E-state index is 12.1. The third-order valence-electron chi connectivity index (χ3n) is 3.40. The monoisotopic (exact) mass is 350 g/mol. The fourth-order valence-electron chi connectivity index (χ4n) is 2.16. The molecule has 0 aliphatic carbocycles. The van der Waals surface area contributed by atoms with Crippen molar-refractivity contribution in [3.8, 4) is 0 Å². The lowest BCUT2D eigenvalue weighted by molar-refractivity contribution is -0.144. The molecule has 0 aliphatic rings. The quantitative estimate of drug-likeness (QED) is 0.393. The summed E-state index contributed by atoms with van der Waals surface area (Å²) in [5, 5.41) is 5.28. The van der Waals surface area contributed by atoms with Gasteiger partial charge in [0.05, 0.1) is 25.6 Å². The minimum Gasteiger partial charge on any atom is -0.466 e. The summed E-state index contributed by atoms with van der Waals surface area (Å²) in [6, 6.07) is 2.93. The Balaban J connectivity index is 2.54. The molecule has 8 heteroatoms. The lowest BCUT2D eigenvalue weighted by Crippen LogP contribution is -2.39. The van der Waals surface area contributed by atoms with Crippen LogP contribution >= 0.6 is 0 Å². The smallest absolute Gasteiger partial charge is 0.308 e. The molecule has 8 nitrogen and oxygen atoms in total. The number of nitrogens with two attached hydrogens (primary N) is 1. The van der Waals surface area contributed by atoms with Crippen molar-refractivity contribution in [1.29, 1.82) is 0 Å². The standard InChI is InChI=1S/C17H26N4O4/c1-2-25-17(24)10-14(13-6-5-9-19-11-13)21-16(23)12-20-15(22)7-3-4-8-18/h5-6,9,11,14H,2-4,7-8,10,12,18H2,1H3,(H,20,22)(H,21,23)/t14-/m0/s1. The largest absolute Gasteiger partial charge is 0.466 e. The second-order valence-corrected chi connectivity index (χ2v) is 5.44. The molecule has 25 heavy (non-hydrogen) atoms. The highest BCUT2D eigenvalue weighted by molar-refractivity contribution is 5.85. The molecule has 1 aromatic heterocycles. The van der Waals surface area contributed by atoms with Crippen molar-refractivity contribution in [2.75, 3.05) is 19.7 Å². The van der Waals surface area contributed by atoms with Gasteiger partial charge in [0, 0.05) is 18.8 Å². The van der Waals surface area contributed by atoms with E-state index in [0.717, 1.165) is 6.42 Å². The van der Waals surface area contributed by atoms with Crippen molar-refractivity contribution in [2.24, 2.45) is 5.73 Å². The minimum absolute atomic E-state index is 0.00425. The average molecular weight is 350 g/mol. The fourth-order valence-corrected chi connectivity index (χ4v) is 2.16. The van der Waals surface area contributed by atoms with E-state index < -0.39 is 12.0 Å². The summed E-state index contributed by atoms with van der Waals surface area (Å²) in [6.07, 6.45) is 4.96. The number of carbonyl (C=O) groups is 3. The molecule has 0 spiro atoms. The van der Waals surface area contributed by atoms with Crippen molar-refractivity contribution in [2.45, 2.75) is 38.6 Å². The van der Waals surface area contributed by atoms with Gasteiger partial charge in [-0.3, -0.25) is 19.4 Å². The van der Waals surface area contributed by atoms with Crippen LogP contribution in [0.3, 0.4) is 0 Å². The zero-order valence-corrected chi connectivity index (χ0v) is 14.5. The van der Waals surface area contributed by atoms with E-state index in [4.69, 9.17) is 10.5 Å². The lowest BCUT2D eigenvalue weighted by atomic mass is 10.1. The molecule has 0 fully saturated rings. The lowest BCUT2D eigenvalue weighted by Gasteiger charge is -2.18. The van der Waals surface area contributed by atoms with E-state index in [1.165, 1.54) is 0 Å². The van der Waals surface area contributed by atoms with Crippen molar-refractivity contribution >= 4 is 17.8 Å². The van der Waals surface area contributed by atoms with Crippen LogP contribution in [0.25, 0.3) is 0 Å². The summed E-state index contributed by atoms with van der Waals surface area (Å²) < 4.78 is 4.94. The van der Waals surface area contributed by atoms with Gasteiger partial charge in [0.25, 0.3) is 0 Å². The van der Waals surface area contributed by atoms with Crippen molar-refractivity contribution in [3.05, 3.63) is 30.1 Å². The normalized spacial score (nSPS) is 11.4. The summed E-state index contributed by atoms with van der Waals surface area (Å²) in [5.74, 6) is -1.00. The maximum Gasteiger partial charge on any atom is 0.308 e. The molecule has 1 aromatic rings. The van der Waals surface area contributed by atoms with Gasteiger partial charge in [-0.2, -0.15) is 0 Å². The Kier molecular flexibility index (Phi) is 9.84. The number of unbranched alkanes of at least 4 members (excludes halogenated alkanes) is 1. The summed E-state index contributed by atoms with van der Waals surface area (Å²) in [4.78, 5) is 39.5. The first-order valence-electron chi connectivity index (χ1n) is 8.38. The summed E-state index contributed by atoms with van der Waals surface area (Å²) >= 11 is 0. The van der Waals surface area contributed by atoms with Gasteiger partial charge < -0.3 is 21.1 Å². The highest BCUT2D eigenvalue weighted by Crippen LogP contribution is 2.16. The van der Waals surface area contributed by atoms with Crippen LogP contribution in [0, 0.1) is 0 Å². The van der Waals surface area contributed by atoms with Crippen LogP contribution in [0.4, 0.5) is 0 Å². The van der Waals surface area contributed by atoms with Crippen LogP contribution in [0.1, 0.15) is 44.2 Å². The van der Waals surface area contributed by atoms with Crippen LogP contribution in [0.15, 0.2) is 24.5 Å². The zero-order chi connectivity index (χ0) is 18.5. The summed E-state index contributed by atoms with van der Waals surface area (Å²) in [5.41, 5.74) is 6.06. The molecular weight excluding hydrogens is 324 g/mol. The zero-order valence-electron chi connectivity index (χ0n) is 14.5. The van der Waals surface area contributed by atoms with E-state index in [-0.39, 0.29) is 31.4 Å². The minimum atomic E-state index is -0.561. The van der Waals surface area contributed by atoms with Crippen molar-refractivity contribution < 1.29 is 19.1 Å². The van der Waals surface area contributed by atoms with Crippen molar-refractivity contribution in [1.82, 2.24) is 15.6 Å². The Bertz CT molecular complexity index is 551. The van der Waals surface area contributed by atoms with E-state index in [1.54, 1.807) is 31.5 Å². The molecule has 1 atom stereocenters. The predicted octanol–water partition coefficient (Wildman–Crippen LogP) is 0.437. The highest BCUT2D eigenvalue weighted by atomic mass is 16.5. The van der Waals surface area contributed by atoms with Gasteiger partial charge in [-0.05, 0) is 37.9 Å². The van der Waals surface area contributed by atoms with Gasteiger partial charge in [0.1, 0.15) is 0 Å². The Morgan fingerprint density at radius 2 is 2.08 bits per heavy atom. The molecule has 0 bridgehead atoms. The first kappa shape index (κ1) is 20.6. The Morgan fingerprint density at radius 3 is 2.72 bits per heavy atom. The Labute approximate surface area is 147 Å². The number of nitrogens with zero attached hydrogens (tertiary/aromatic N) is 1. The second kappa shape index (κ2) is 12.0. The Morgan fingerprint density at radius 1 is 1.28 bits per heavy atom. The number of pyridine rings is 1.